The summed E-state index contributed by atoms with van der Waals surface area (Å²) < 4.78 is 19.7. The van der Waals surface area contributed by atoms with E-state index in [1.165, 1.54) is 20.1 Å². The number of carbonyl (C=O) groups excluding carboxylic acids is 1. The fourth-order valence-electron chi connectivity index (χ4n) is 4.59. The molecule has 0 spiro atoms. The Labute approximate surface area is 179 Å². The summed E-state index contributed by atoms with van der Waals surface area (Å²) in [6.07, 6.45) is 2.94. The van der Waals surface area contributed by atoms with Gasteiger partial charge in [0.15, 0.2) is 6.29 Å². The van der Waals surface area contributed by atoms with E-state index in [0.717, 1.165) is 41.3 Å². The predicted molar refractivity (Wildman–Crippen MR) is 116 cm³/mol. The van der Waals surface area contributed by atoms with Crippen LogP contribution < -0.4 is 5.56 Å². The number of aliphatic hydroxyl groups is 1. The second kappa shape index (κ2) is 7.66. The van der Waals surface area contributed by atoms with Crippen molar-refractivity contribution < 1.29 is 19.0 Å². The van der Waals surface area contributed by atoms with Gasteiger partial charge in [-0.25, -0.2) is 9.37 Å². The van der Waals surface area contributed by atoms with Gasteiger partial charge >= 0.3 is 0 Å². The third-order valence-electron chi connectivity index (χ3n) is 6.28. The molecule has 6 nitrogen and oxygen atoms in total. The Hall–Kier alpha value is -2.90. The lowest BCUT2D eigenvalue weighted by atomic mass is 9.84. The molecule has 4 rings (SSSR count). The zero-order valence-corrected chi connectivity index (χ0v) is 18.1. The highest BCUT2D eigenvalue weighted by Gasteiger charge is 2.29. The van der Waals surface area contributed by atoms with Gasteiger partial charge in [0.05, 0.1) is 23.5 Å². The van der Waals surface area contributed by atoms with Crippen LogP contribution in [0, 0.1) is 19.7 Å². The molecule has 1 aliphatic rings. The predicted octanol–water partition coefficient (Wildman–Crippen LogP) is 3.39. The minimum Gasteiger partial charge on any atom is -0.380 e. The van der Waals surface area contributed by atoms with Gasteiger partial charge in [-0.15, -0.1) is 0 Å². The van der Waals surface area contributed by atoms with E-state index in [2.05, 4.69) is 4.98 Å². The van der Waals surface area contributed by atoms with Gasteiger partial charge < -0.3 is 14.8 Å². The van der Waals surface area contributed by atoms with Crippen LogP contribution in [0.25, 0.3) is 22.3 Å². The molecule has 3 aromatic rings. The van der Waals surface area contributed by atoms with Gasteiger partial charge in [0.25, 0.3) is 5.56 Å². The van der Waals surface area contributed by atoms with Gasteiger partial charge in [-0.1, -0.05) is 0 Å². The molecule has 0 fully saturated rings. The number of nitrogens with zero attached hydrogens (tertiary/aromatic N) is 1. The summed E-state index contributed by atoms with van der Waals surface area (Å²) in [5.41, 5.74) is 3.04. The summed E-state index contributed by atoms with van der Waals surface area (Å²) >= 11 is 0. The molecule has 1 atom stereocenters. The van der Waals surface area contributed by atoms with E-state index in [-0.39, 0.29) is 23.6 Å². The van der Waals surface area contributed by atoms with Gasteiger partial charge in [0.2, 0.25) is 0 Å². The Morgan fingerprint density at radius 3 is 2.58 bits per heavy atom. The lowest BCUT2D eigenvalue weighted by Gasteiger charge is -2.24. The Balaban J connectivity index is 2.04. The number of benzene rings is 1. The Morgan fingerprint density at radius 2 is 1.94 bits per heavy atom. The number of ether oxygens (including phenoxy) is 1. The first-order chi connectivity index (χ1) is 14.7. The monoisotopic (exact) mass is 424 g/mol. The molecule has 1 aliphatic carbocycles. The molecule has 1 aromatic carbocycles. The number of pyridine rings is 2. The van der Waals surface area contributed by atoms with Gasteiger partial charge in [0, 0.05) is 29.7 Å². The number of methoxy groups -OCH3 is 1. The van der Waals surface area contributed by atoms with Crippen LogP contribution in [0.5, 0.6) is 0 Å². The molecule has 7 heteroatoms. The second-order valence-corrected chi connectivity index (χ2v) is 8.38. The molecule has 0 bridgehead atoms. The number of aromatic amines is 1. The number of H-pyrrole nitrogens is 1. The molecule has 162 valence electrons. The first-order valence-corrected chi connectivity index (χ1v) is 10.3. The molecule has 0 unspecified atom stereocenters. The number of hydrogen-bond donors (Lipinski definition) is 2. The van der Waals surface area contributed by atoms with Crippen LogP contribution in [0.3, 0.4) is 0 Å². The van der Waals surface area contributed by atoms with Crippen LogP contribution in [0.4, 0.5) is 4.39 Å². The van der Waals surface area contributed by atoms with E-state index in [4.69, 9.17) is 9.72 Å². The maximum Gasteiger partial charge on any atom is 0.254 e. The Kier molecular flexibility index (Phi) is 5.27. The number of hydrogen-bond acceptors (Lipinski definition) is 5. The number of rotatable bonds is 5. The second-order valence-electron chi connectivity index (χ2n) is 8.38. The van der Waals surface area contributed by atoms with Crippen molar-refractivity contribution in [2.24, 2.45) is 0 Å². The Bertz CT molecular complexity index is 1280. The quantitative estimate of drug-likeness (QED) is 0.613. The maximum absolute atomic E-state index is 14.6. The smallest absolute Gasteiger partial charge is 0.254 e. The summed E-state index contributed by atoms with van der Waals surface area (Å²) in [7, 11) is 1.43. The topological polar surface area (TPSA) is 92.3 Å². The normalized spacial score (nSPS) is 15.2. The maximum atomic E-state index is 14.6. The van der Waals surface area contributed by atoms with E-state index in [0.29, 0.717) is 28.8 Å². The van der Waals surface area contributed by atoms with E-state index in [1.807, 2.05) is 6.92 Å². The molecule has 0 radical (unpaired) electrons. The SMILES string of the molecule is COCc1c([C@](C)(O)C=O)cc(-c2nc3cc(F)c(C)c4c3c(c2C)CCC4)[nH]c1=O. The molecule has 0 aliphatic heterocycles. The van der Waals surface area contributed by atoms with Crippen LogP contribution in [0.1, 0.15) is 46.7 Å². The van der Waals surface area contributed by atoms with Crippen LogP contribution in [-0.2, 0) is 34.6 Å². The van der Waals surface area contributed by atoms with E-state index in [1.54, 1.807) is 13.0 Å². The van der Waals surface area contributed by atoms with Crippen molar-refractivity contribution in [3.8, 4) is 11.4 Å². The van der Waals surface area contributed by atoms with Crippen molar-refractivity contribution in [3.63, 3.8) is 0 Å². The minimum absolute atomic E-state index is 0.0574. The van der Waals surface area contributed by atoms with E-state index in [9.17, 15) is 19.1 Å². The van der Waals surface area contributed by atoms with E-state index < -0.39 is 11.2 Å². The average Bonchev–Trinajstić information content (AvgIpc) is 2.75. The zero-order valence-electron chi connectivity index (χ0n) is 18.1. The van der Waals surface area contributed by atoms with Crippen LogP contribution >= 0.6 is 0 Å². The third kappa shape index (κ3) is 3.38. The summed E-state index contributed by atoms with van der Waals surface area (Å²) in [4.78, 5) is 31.9. The highest BCUT2D eigenvalue weighted by atomic mass is 19.1. The highest BCUT2D eigenvalue weighted by molar-refractivity contribution is 5.91. The molecule has 31 heavy (non-hydrogen) atoms. The highest BCUT2D eigenvalue weighted by Crippen LogP contribution is 2.38. The van der Waals surface area contributed by atoms with Crippen LogP contribution in [0.15, 0.2) is 16.9 Å². The summed E-state index contributed by atoms with van der Waals surface area (Å²) in [5, 5.41) is 11.6. The summed E-state index contributed by atoms with van der Waals surface area (Å²) in [6, 6.07) is 3.00. The van der Waals surface area contributed by atoms with Crippen LogP contribution in [-0.4, -0.2) is 28.5 Å². The molecular formula is C24H25FN2O4. The first kappa shape index (κ1) is 21.3. The van der Waals surface area contributed by atoms with Gasteiger partial charge in [0.1, 0.15) is 11.4 Å². The molecule has 2 N–H and O–H groups in total. The van der Waals surface area contributed by atoms with Crippen molar-refractivity contribution in [1.82, 2.24) is 9.97 Å². The average molecular weight is 424 g/mol. The van der Waals surface area contributed by atoms with E-state index >= 15 is 0 Å². The number of aryl methyl sites for hydroxylation is 2. The van der Waals surface area contributed by atoms with Gasteiger partial charge in [-0.05, 0) is 68.4 Å². The lowest BCUT2D eigenvalue weighted by molar-refractivity contribution is -0.123. The molecule has 0 saturated heterocycles. The van der Waals surface area contributed by atoms with Crippen molar-refractivity contribution in [2.45, 2.75) is 52.2 Å². The standard InChI is InChI=1S/C24H25FN2O4/c1-12-14-6-5-7-15-13(2)22(26-19(21(14)15)9-18(12)25)20-8-17(24(3,30)11-28)16(10-31-4)23(29)27-20/h8-9,11,30H,5-7,10H2,1-4H3,(H,27,29)/t24-/m1/s1. The number of aldehydes is 1. The Morgan fingerprint density at radius 1 is 1.26 bits per heavy atom. The molecule has 0 saturated carbocycles. The van der Waals surface area contributed by atoms with Gasteiger partial charge in [-0.3, -0.25) is 9.59 Å². The van der Waals surface area contributed by atoms with Crippen molar-refractivity contribution in [2.75, 3.05) is 7.11 Å². The van der Waals surface area contributed by atoms with Crippen molar-refractivity contribution in [1.29, 1.82) is 0 Å². The molecular weight excluding hydrogens is 399 g/mol. The molecule has 0 amide bonds. The summed E-state index contributed by atoms with van der Waals surface area (Å²) in [5.74, 6) is -0.300. The number of nitrogens with one attached hydrogen (secondary N) is 1. The van der Waals surface area contributed by atoms with Crippen molar-refractivity contribution in [3.05, 3.63) is 61.7 Å². The van der Waals surface area contributed by atoms with Crippen LogP contribution in [0.2, 0.25) is 0 Å². The molecule has 2 heterocycles. The number of carbonyl (C=O) groups is 1. The minimum atomic E-state index is -1.87. The lowest BCUT2D eigenvalue weighted by Crippen LogP contribution is -2.30. The number of halogens is 1. The van der Waals surface area contributed by atoms with Crippen molar-refractivity contribution >= 4 is 17.2 Å². The fraction of sp³-hybridized carbons (Fsp3) is 0.375. The third-order valence-corrected chi connectivity index (χ3v) is 6.28. The first-order valence-electron chi connectivity index (χ1n) is 10.3. The molecule has 2 aromatic heterocycles. The zero-order chi connectivity index (χ0) is 22.5. The largest absolute Gasteiger partial charge is 0.380 e. The van der Waals surface area contributed by atoms with Gasteiger partial charge in [-0.2, -0.15) is 0 Å². The summed E-state index contributed by atoms with van der Waals surface area (Å²) in [6.45, 7) is 5.00. The fourth-order valence-corrected chi connectivity index (χ4v) is 4.59. The number of aromatic nitrogens is 2.